The topological polar surface area (TPSA) is 39.1 Å². The van der Waals surface area contributed by atoms with Gasteiger partial charge in [-0.2, -0.15) is 5.26 Å². The molecule has 1 aliphatic rings. The van der Waals surface area contributed by atoms with Crippen LogP contribution in [0.2, 0.25) is 0 Å². The Kier molecular flexibility index (Phi) is 3.47. The fourth-order valence-electron chi connectivity index (χ4n) is 2.06. The van der Waals surface area contributed by atoms with E-state index in [2.05, 4.69) is 39.3 Å². The highest BCUT2D eigenvalue weighted by Gasteiger charge is 2.21. The second kappa shape index (κ2) is 4.86. The lowest BCUT2D eigenvalue weighted by atomic mass is 10.1. The van der Waals surface area contributed by atoms with Crippen LogP contribution in [0, 0.1) is 11.3 Å². The van der Waals surface area contributed by atoms with Crippen molar-refractivity contribution in [2.24, 2.45) is 0 Å². The molecule has 0 aliphatic carbocycles. The number of rotatable bonds is 2. The van der Waals surface area contributed by atoms with Gasteiger partial charge in [0.25, 0.3) is 0 Å². The first-order valence-electron chi connectivity index (χ1n) is 5.35. The van der Waals surface area contributed by atoms with Crippen molar-refractivity contribution >= 4 is 21.6 Å². The molecule has 1 N–H and O–H groups in total. The van der Waals surface area contributed by atoms with E-state index < -0.39 is 0 Å². The van der Waals surface area contributed by atoms with Crippen molar-refractivity contribution in [3.05, 3.63) is 28.2 Å². The molecule has 0 radical (unpaired) electrons. The highest BCUT2D eigenvalue weighted by atomic mass is 79.9. The normalized spacial score (nSPS) is 19.4. The molecular weight excluding hydrogens is 266 g/mol. The van der Waals surface area contributed by atoms with Gasteiger partial charge >= 0.3 is 0 Å². The Hall–Kier alpha value is -1.05. The summed E-state index contributed by atoms with van der Waals surface area (Å²) in [5, 5.41) is 12.4. The van der Waals surface area contributed by atoms with Crippen molar-refractivity contribution in [1.29, 1.82) is 5.26 Å². The third-order valence-electron chi connectivity index (χ3n) is 3.04. The van der Waals surface area contributed by atoms with E-state index >= 15 is 0 Å². The maximum absolute atomic E-state index is 9.09. The number of nitriles is 1. The van der Waals surface area contributed by atoms with Crippen LogP contribution in [0.3, 0.4) is 0 Å². The Labute approximate surface area is 104 Å². The fraction of sp³-hybridized carbons (Fsp3) is 0.417. The Morgan fingerprint density at radius 1 is 1.56 bits per heavy atom. The van der Waals surface area contributed by atoms with E-state index in [0.717, 1.165) is 35.2 Å². The van der Waals surface area contributed by atoms with Gasteiger partial charge in [0.2, 0.25) is 0 Å². The Morgan fingerprint density at radius 2 is 2.38 bits per heavy atom. The molecule has 84 valence electrons. The molecule has 0 bridgehead atoms. The molecule has 1 fully saturated rings. The SMILES string of the molecule is CN(c1cc(Br)ccc1C#N)C1CCNC1. The molecule has 1 aliphatic heterocycles. The molecule has 3 nitrogen and oxygen atoms in total. The number of benzene rings is 1. The van der Waals surface area contributed by atoms with Crippen LogP contribution in [-0.2, 0) is 0 Å². The first-order valence-corrected chi connectivity index (χ1v) is 6.15. The number of nitrogens with one attached hydrogen (secondary N) is 1. The zero-order chi connectivity index (χ0) is 11.5. The van der Waals surface area contributed by atoms with E-state index in [1.165, 1.54) is 0 Å². The van der Waals surface area contributed by atoms with Crippen LogP contribution in [0.1, 0.15) is 12.0 Å². The molecule has 16 heavy (non-hydrogen) atoms. The van der Waals surface area contributed by atoms with Crippen molar-refractivity contribution in [1.82, 2.24) is 5.32 Å². The number of likely N-dealkylation sites (N-methyl/N-ethyl adjacent to an activating group) is 1. The van der Waals surface area contributed by atoms with E-state index in [4.69, 9.17) is 5.26 Å². The van der Waals surface area contributed by atoms with Crippen molar-refractivity contribution in [2.45, 2.75) is 12.5 Å². The summed E-state index contributed by atoms with van der Waals surface area (Å²) in [5.41, 5.74) is 1.74. The van der Waals surface area contributed by atoms with E-state index in [1.54, 1.807) is 0 Å². The highest BCUT2D eigenvalue weighted by Crippen LogP contribution is 2.26. The second-order valence-corrected chi connectivity index (χ2v) is 4.95. The summed E-state index contributed by atoms with van der Waals surface area (Å²) in [6.45, 7) is 2.05. The van der Waals surface area contributed by atoms with E-state index in [0.29, 0.717) is 6.04 Å². The predicted octanol–water partition coefficient (Wildman–Crippen LogP) is 2.12. The maximum Gasteiger partial charge on any atom is 0.101 e. The van der Waals surface area contributed by atoms with Crippen molar-refractivity contribution < 1.29 is 0 Å². The third kappa shape index (κ3) is 2.21. The smallest absolute Gasteiger partial charge is 0.101 e. The number of nitrogens with zero attached hydrogens (tertiary/aromatic N) is 2. The zero-order valence-corrected chi connectivity index (χ0v) is 10.8. The summed E-state index contributed by atoms with van der Waals surface area (Å²) in [6, 6.07) is 8.51. The van der Waals surface area contributed by atoms with Crippen molar-refractivity contribution in [3.63, 3.8) is 0 Å². The minimum atomic E-state index is 0.487. The summed E-state index contributed by atoms with van der Waals surface area (Å²) < 4.78 is 1.01. The molecule has 1 aromatic rings. The van der Waals surface area contributed by atoms with E-state index in [1.807, 2.05) is 18.2 Å². The lowest BCUT2D eigenvalue weighted by Gasteiger charge is -2.27. The van der Waals surface area contributed by atoms with Gasteiger partial charge in [-0.25, -0.2) is 0 Å². The summed E-state index contributed by atoms with van der Waals surface area (Å²) >= 11 is 3.45. The molecule has 4 heteroatoms. The van der Waals surface area contributed by atoms with Crippen LogP contribution >= 0.6 is 15.9 Å². The lowest BCUT2D eigenvalue weighted by molar-refractivity contribution is 0.685. The molecule has 1 unspecified atom stereocenters. The molecule has 0 amide bonds. The zero-order valence-electron chi connectivity index (χ0n) is 9.20. The summed E-state index contributed by atoms with van der Waals surface area (Å²) in [5.74, 6) is 0. The van der Waals surface area contributed by atoms with Gasteiger partial charge in [-0.15, -0.1) is 0 Å². The standard InChI is InChI=1S/C12H14BrN3/c1-16(11-4-5-15-8-11)12-6-10(13)3-2-9(12)7-14/h2-3,6,11,15H,4-5,8H2,1H3. The monoisotopic (exact) mass is 279 g/mol. The molecule has 0 aromatic heterocycles. The van der Waals surface area contributed by atoms with Crippen LogP contribution in [0.25, 0.3) is 0 Å². The van der Waals surface area contributed by atoms with Crippen LogP contribution < -0.4 is 10.2 Å². The number of halogens is 1. The van der Waals surface area contributed by atoms with Crippen molar-refractivity contribution in [3.8, 4) is 6.07 Å². The largest absolute Gasteiger partial charge is 0.369 e. The number of anilines is 1. The van der Waals surface area contributed by atoms with Gasteiger partial charge in [0, 0.05) is 24.1 Å². The molecular formula is C12H14BrN3. The number of hydrogen-bond donors (Lipinski definition) is 1. The van der Waals surface area contributed by atoms with Crippen LogP contribution in [0.15, 0.2) is 22.7 Å². The van der Waals surface area contributed by atoms with Gasteiger partial charge in [0.05, 0.1) is 11.3 Å². The molecule has 1 aromatic carbocycles. The molecule has 1 atom stereocenters. The molecule has 0 spiro atoms. The molecule has 0 saturated carbocycles. The van der Waals surface area contributed by atoms with Gasteiger partial charge in [-0.3, -0.25) is 0 Å². The summed E-state index contributed by atoms with van der Waals surface area (Å²) in [4.78, 5) is 2.20. The maximum atomic E-state index is 9.09. The first-order chi connectivity index (χ1) is 7.72. The Bertz CT molecular complexity index is 419. The van der Waals surface area contributed by atoms with Crippen molar-refractivity contribution in [2.75, 3.05) is 25.0 Å². The summed E-state index contributed by atoms with van der Waals surface area (Å²) in [7, 11) is 2.06. The van der Waals surface area contributed by atoms with Gasteiger partial charge in [-0.1, -0.05) is 15.9 Å². The predicted molar refractivity (Wildman–Crippen MR) is 68.5 cm³/mol. The van der Waals surface area contributed by atoms with Crippen LogP contribution in [-0.4, -0.2) is 26.2 Å². The molecule has 1 heterocycles. The molecule has 2 rings (SSSR count). The minimum Gasteiger partial charge on any atom is -0.369 e. The second-order valence-electron chi connectivity index (χ2n) is 4.03. The van der Waals surface area contributed by atoms with Crippen LogP contribution in [0.4, 0.5) is 5.69 Å². The van der Waals surface area contributed by atoms with E-state index in [9.17, 15) is 0 Å². The number of hydrogen-bond acceptors (Lipinski definition) is 3. The molecule has 1 saturated heterocycles. The average Bonchev–Trinajstić information content (AvgIpc) is 2.81. The van der Waals surface area contributed by atoms with Gasteiger partial charge in [0.1, 0.15) is 6.07 Å². The lowest BCUT2D eigenvalue weighted by Crippen LogP contribution is -2.33. The third-order valence-corrected chi connectivity index (χ3v) is 3.54. The van der Waals surface area contributed by atoms with Gasteiger partial charge < -0.3 is 10.2 Å². The van der Waals surface area contributed by atoms with Gasteiger partial charge in [-0.05, 0) is 31.2 Å². The Morgan fingerprint density at radius 3 is 3.00 bits per heavy atom. The average molecular weight is 280 g/mol. The Balaban J connectivity index is 2.31. The fourth-order valence-corrected chi connectivity index (χ4v) is 2.41. The quantitative estimate of drug-likeness (QED) is 0.902. The van der Waals surface area contributed by atoms with E-state index in [-0.39, 0.29) is 0 Å². The van der Waals surface area contributed by atoms with Crippen LogP contribution in [0.5, 0.6) is 0 Å². The summed E-state index contributed by atoms with van der Waals surface area (Å²) in [6.07, 6.45) is 1.13. The van der Waals surface area contributed by atoms with Gasteiger partial charge in [0.15, 0.2) is 0 Å². The highest BCUT2D eigenvalue weighted by molar-refractivity contribution is 9.10. The minimum absolute atomic E-state index is 0.487. The first kappa shape index (κ1) is 11.4.